The maximum Gasteiger partial charge on any atom is 0.242 e. The monoisotopic (exact) mass is 434 g/mol. The molecule has 3 heterocycles. The van der Waals surface area contributed by atoms with Gasteiger partial charge in [0.2, 0.25) is 5.91 Å². The molecule has 4 N–H and O–H groups in total. The summed E-state index contributed by atoms with van der Waals surface area (Å²) in [6, 6.07) is 7.39. The molecule has 3 aromatic rings. The molecule has 154 valence electrons. The summed E-state index contributed by atoms with van der Waals surface area (Å²) in [6.07, 6.45) is 6.62. The zero-order valence-electron chi connectivity index (χ0n) is 16.2. The number of hydrogen-bond donors (Lipinski definition) is 3. The van der Waals surface area contributed by atoms with Gasteiger partial charge in [-0.05, 0) is 50.5 Å². The van der Waals surface area contributed by atoms with E-state index in [1.54, 1.807) is 24.4 Å². The van der Waals surface area contributed by atoms with Crippen molar-refractivity contribution < 1.29 is 4.79 Å². The molecule has 29 heavy (non-hydrogen) atoms. The number of aromatic amines is 1. The highest BCUT2D eigenvalue weighted by atomic mass is 35.5. The van der Waals surface area contributed by atoms with Gasteiger partial charge in [0.15, 0.2) is 0 Å². The van der Waals surface area contributed by atoms with Crippen LogP contribution in [-0.2, 0) is 4.79 Å². The van der Waals surface area contributed by atoms with Gasteiger partial charge in [0.25, 0.3) is 0 Å². The Morgan fingerprint density at radius 2 is 2.03 bits per heavy atom. The number of carbonyl (C=O) groups excluding carboxylic acids is 1. The van der Waals surface area contributed by atoms with E-state index in [2.05, 4.69) is 27.2 Å². The number of piperidine rings is 1. The lowest BCUT2D eigenvalue weighted by molar-refractivity contribution is -0.132. The van der Waals surface area contributed by atoms with E-state index >= 15 is 0 Å². The molecule has 0 spiro atoms. The molecule has 0 aliphatic carbocycles. The van der Waals surface area contributed by atoms with Crippen molar-refractivity contribution in [2.24, 2.45) is 0 Å². The van der Waals surface area contributed by atoms with E-state index in [0.29, 0.717) is 21.9 Å². The summed E-state index contributed by atoms with van der Waals surface area (Å²) in [5, 5.41) is 5.09. The number of fused-ring (bicyclic) bond motifs is 1. The molecule has 7 nitrogen and oxygen atoms in total. The number of hydrogen-bond acceptors (Lipinski definition) is 5. The number of nitrogen functional groups attached to an aromatic ring is 1. The number of likely N-dealkylation sites (tertiary alicyclic amines) is 1. The normalized spacial score (nSPS) is 16.2. The van der Waals surface area contributed by atoms with E-state index in [1.807, 2.05) is 11.0 Å². The highest BCUT2D eigenvalue weighted by Crippen LogP contribution is 2.22. The second kappa shape index (κ2) is 9.80. The molecule has 1 atom stereocenters. The maximum absolute atomic E-state index is 12.1. The van der Waals surface area contributed by atoms with Crippen LogP contribution in [0.3, 0.4) is 0 Å². The number of H-pyrrole nitrogens is 1. The van der Waals surface area contributed by atoms with Gasteiger partial charge in [-0.2, -0.15) is 0 Å². The van der Waals surface area contributed by atoms with Gasteiger partial charge < -0.3 is 20.9 Å². The molecule has 1 fully saturated rings. The zero-order valence-corrected chi connectivity index (χ0v) is 17.7. The van der Waals surface area contributed by atoms with Crippen molar-refractivity contribution in [1.82, 2.24) is 19.9 Å². The van der Waals surface area contributed by atoms with E-state index in [-0.39, 0.29) is 12.5 Å². The van der Waals surface area contributed by atoms with Crippen LogP contribution in [0.1, 0.15) is 26.2 Å². The largest absolute Gasteiger partial charge is 0.383 e. The summed E-state index contributed by atoms with van der Waals surface area (Å²) in [5.74, 6) is 0.648. The number of nitrogens with one attached hydrogen (secondary N) is 2. The fourth-order valence-electron chi connectivity index (χ4n) is 3.30. The van der Waals surface area contributed by atoms with Gasteiger partial charge in [-0.1, -0.05) is 23.2 Å². The van der Waals surface area contributed by atoms with Crippen LogP contribution < -0.4 is 11.1 Å². The van der Waals surface area contributed by atoms with Crippen molar-refractivity contribution in [2.45, 2.75) is 32.2 Å². The lowest BCUT2D eigenvalue weighted by Crippen LogP contribution is -2.44. The van der Waals surface area contributed by atoms with Gasteiger partial charge >= 0.3 is 0 Å². The van der Waals surface area contributed by atoms with E-state index in [9.17, 15) is 4.79 Å². The number of amides is 1. The average Bonchev–Trinajstić information content (AvgIpc) is 3.17. The minimum absolute atomic E-state index is 0.128. The van der Waals surface area contributed by atoms with Gasteiger partial charge in [-0.25, -0.2) is 9.97 Å². The number of aromatic nitrogens is 3. The Morgan fingerprint density at radius 3 is 2.72 bits per heavy atom. The zero-order chi connectivity index (χ0) is 20.8. The summed E-state index contributed by atoms with van der Waals surface area (Å²) < 4.78 is 0. The summed E-state index contributed by atoms with van der Waals surface area (Å²) in [5.41, 5.74) is 7.09. The molecule has 1 aromatic carbocycles. The lowest BCUT2D eigenvalue weighted by atomic mass is 10.0. The van der Waals surface area contributed by atoms with Crippen LogP contribution in [0.5, 0.6) is 0 Å². The first-order chi connectivity index (χ1) is 13.9. The second-order valence-corrected chi connectivity index (χ2v) is 7.82. The van der Waals surface area contributed by atoms with Crippen LogP contribution in [-0.4, -0.2) is 44.9 Å². The van der Waals surface area contributed by atoms with Crippen molar-refractivity contribution in [3.63, 3.8) is 0 Å². The topological polar surface area (TPSA) is 99.9 Å². The summed E-state index contributed by atoms with van der Waals surface area (Å²) in [6.45, 7) is 3.24. The van der Waals surface area contributed by atoms with Gasteiger partial charge in [0.1, 0.15) is 17.8 Å². The fraction of sp³-hybridized carbons (Fsp3) is 0.350. The van der Waals surface area contributed by atoms with Gasteiger partial charge in [-0.15, -0.1) is 0 Å². The van der Waals surface area contributed by atoms with Crippen molar-refractivity contribution in [2.75, 3.05) is 24.1 Å². The van der Waals surface area contributed by atoms with E-state index < -0.39 is 0 Å². The third kappa shape index (κ3) is 5.74. The first kappa shape index (κ1) is 21.2. The minimum Gasteiger partial charge on any atom is -0.383 e. The number of nitrogens with two attached hydrogens (primary N) is 1. The van der Waals surface area contributed by atoms with Crippen LogP contribution in [0.15, 0.2) is 36.8 Å². The first-order valence-electron chi connectivity index (χ1n) is 9.47. The smallest absolute Gasteiger partial charge is 0.242 e. The Balaban J connectivity index is 0.000000200. The molecule has 0 unspecified atom stereocenters. The SMILES string of the molecule is C[C@H]1CCCCN1C(=O)CNc1cc(Cl)cc(Cl)c1.Nc1ncnc2[nH]ccc12. The quantitative estimate of drug-likeness (QED) is 0.568. The van der Waals surface area contributed by atoms with Gasteiger partial charge in [0, 0.05) is 34.5 Å². The standard InChI is InChI=1S/C14H18Cl2N2O.C6H6N4/c1-10-4-2-3-5-18(10)14(19)9-17-13-7-11(15)6-12(16)8-13;7-5-4-1-2-8-6(4)10-3-9-5/h6-8,10,17H,2-5,9H2,1H3;1-3H,(H3,7,8,9,10)/t10-;/m0./s1. The van der Waals surface area contributed by atoms with Crippen LogP contribution >= 0.6 is 23.2 Å². The highest BCUT2D eigenvalue weighted by molar-refractivity contribution is 6.35. The predicted octanol–water partition coefficient (Wildman–Crippen LogP) is 4.35. The maximum atomic E-state index is 12.1. The number of benzene rings is 1. The van der Waals surface area contributed by atoms with Crippen molar-refractivity contribution in [3.8, 4) is 0 Å². The molecule has 0 radical (unpaired) electrons. The highest BCUT2D eigenvalue weighted by Gasteiger charge is 2.22. The van der Waals surface area contributed by atoms with Crippen LogP contribution in [0.2, 0.25) is 10.0 Å². The Bertz CT molecular complexity index is 956. The molecule has 2 aromatic heterocycles. The number of carbonyl (C=O) groups is 1. The first-order valence-corrected chi connectivity index (χ1v) is 10.2. The van der Waals surface area contributed by atoms with Crippen LogP contribution in [0.25, 0.3) is 11.0 Å². The summed E-state index contributed by atoms with van der Waals surface area (Å²) in [7, 11) is 0. The lowest BCUT2D eigenvalue weighted by Gasteiger charge is -2.33. The van der Waals surface area contributed by atoms with E-state index in [4.69, 9.17) is 28.9 Å². The van der Waals surface area contributed by atoms with Crippen molar-refractivity contribution >= 4 is 51.6 Å². The number of anilines is 2. The molecule has 1 saturated heterocycles. The second-order valence-electron chi connectivity index (χ2n) is 6.94. The number of rotatable bonds is 3. The van der Waals surface area contributed by atoms with E-state index in [1.165, 1.54) is 12.7 Å². The Hall–Kier alpha value is -2.51. The minimum atomic E-state index is 0.128. The van der Waals surface area contributed by atoms with Crippen LogP contribution in [0.4, 0.5) is 11.5 Å². The summed E-state index contributed by atoms with van der Waals surface area (Å²) in [4.78, 5) is 24.8. The van der Waals surface area contributed by atoms with Crippen LogP contribution in [0, 0.1) is 0 Å². The molecule has 1 amide bonds. The predicted molar refractivity (Wildman–Crippen MR) is 118 cm³/mol. The van der Waals surface area contributed by atoms with Crippen molar-refractivity contribution in [1.29, 1.82) is 0 Å². The molecular weight excluding hydrogens is 411 g/mol. The third-order valence-electron chi connectivity index (χ3n) is 4.81. The van der Waals surface area contributed by atoms with E-state index in [0.717, 1.165) is 36.1 Å². The summed E-state index contributed by atoms with van der Waals surface area (Å²) >= 11 is 11.8. The van der Waals surface area contributed by atoms with Gasteiger partial charge in [-0.3, -0.25) is 4.79 Å². The Kier molecular flexibility index (Phi) is 7.17. The third-order valence-corrected chi connectivity index (χ3v) is 5.25. The molecule has 0 saturated carbocycles. The number of nitrogens with zero attached hydrogens (tertiary/aromatic N) is 3. The van der Waals surface area contributed by atoms with Crippen molar-refractivity contribution in [3.05, 3.63) is 46.8 Å². The molecule has 9 heteroatoms. The molecular formula is C20H24Cl2N6O. The molecule has 0 bridgehead atoms. The average molecular weight is 435 g/mol. The van der Waals surface area contributed by atoms with Gasteiger partial charge in [0.05, 0.1) is 11.9 Å². The number of halogens is 2. The molecule has 4 rings (SSSR count). The Morgan fingerprint density at radius 1 is 1.28 bits per heavy atom. The fourth-order valence-corrected chi connectivity index (χ4v) is 3.82. The Labute approximate surface area is 179 Å². The molecule has 1 aliphatic heterocycles. The molecule has 1 aliphatic rings.